The van der Waals surface area contributed by atoms with Gasteiger partial charge >= 0.3 is 37.9 Å². The van der Waals surface area contributed by atoms with Crippen molar-refractivity contribution >= 4 is 80.0 Å². The van der Waals surface area contributed by atoms with Crippen molar-refractivity contribution in [1.82, 2.24) is 0 Å². The van der Waals surface area contributed by atoms with Gasteiger partial charge in [0.05, 0.1) is 0 Å². The number of aryl methyl sites for hydroxylation is 2. The van der Waals surface area contributed by atoms with Gasteiger partial charge in [-0.3, -0.25) is 0 Å². The van der Waals surface area contributed by atoms with E-state index in [1.54, 1.807) is 0 Å². The molecule has 0 fully saturated rings. The summed E-state index contributed by atoms with van der Waals surface area (Å²) in [6.07, 6.45) is 2.18. The Morgan fingerprint density at radius 3 is 1.31 bits per heavy atom. The molecule has 6 heteroatoms. The van der Waals surface area contributed by atoms with Crippen LogP contribution >= 0.6 is 48.9 Å². The van der Waals surface area contributed by atoms with Gasteiger partial charge in [-0.2, -0.15) is 12.1 Å². The molecule has 0 aliphatic carbocycles. The van der Waals surface area contributed by atoms with Crippen LogP contribution in [0.15, 0.2) is 118 Å². The van der Waals surface area contributed by atoms with Crippen LogP contribution in [0.25, 0.3) is 43.8 Å². The van der Waals surface area contributed by atoms with Gasteiger partial charge in [0, 0.05) is 18.5 Å². The molecule has 0 aromatic heterocycles. The third-order valence-corrected chi connectivity index (χ3v) is 7.70. The minimum atomic E-state index is -0.826. The maximum atomic E-state index is 4.93. The van der Waals surface area contributed by atoms with Crippen molar-refractivity contribution in [2.45, 2.75) is 39.8 Å². The maximum absolute atomic E-state index is 4.93. The number of fused-ring (bicyclic) bond motifs is 2. The average Bonchev–Trinajstić information content (AvgIpc) is 3.62. The predicted octanol–water partition coefficient (Wildman–Crippen LogP) is 13.3. The molecule has 0 aliphatic rings. The number of benzene rings is 4. The van der Waals surface area contributed by atoms with Gasteiger partial charge in [-0.25, -0.2) is 0 Å². The molecule has 6 aromatic rings. The molecule has 0 bridgehead atoms. The first kappa shape index (κ1) is 35.2. The quantitative estimate of drug-likeness (QED) is 0.123. The molecule has 0 saturated heterocycles. The van der Waals surface area contributed by atoms with Crippen molar-refractivity contribution in [3.63, 3.8) is 0 Å². The summed E-state index contributed by atoms with van der Waals surface area (Å²) in [6, 6.07) is 39.2. The van der Waals surface area contributed by atoms with E-state index in [1.807, 2.05) is 0 Å². The van der Waals surface area contributed by atoms with Crippen LogP contribution in [0, 0.1) is 0 Å². The Morgan fingerprint density at radius 1 is 0.619 bits per heavy atom. The van der Waals surface area contributed by atoms with Gasteiger partial charge < -0.3 is 0 Å². The molecule has 0 atom stereocenters. The van der Waals surface area contributed by atoms with E-state index in [0.29, 0.717) is 0 Å². The molecular formula is C36H34Br2Cl2SiZr. The fraction of sp³-hybridized carbons (Fsp3) is 0.167. The van der Waals surface area contributed by atoms with E-state index < -0.39 is 20.8 Å². The summed E-state index contributed by atoms with van der Waals surface area (Å²) in [7, 11) is 11.0. The van der Waals surface area contributed by atoms with Crippen molar-refractivity contribution in [2.24, 2.45) is 0 Å². The Kier molecular flexibility index (Phi) is 15.5. The zero-order valence-electron chi connectivity index (χ0n) is 24.3. The third-order valence-electron chi connectivity index (χ3n) is 6.71. The van der Waals surface area contributed by atoms with Crippen LogP contribution in [-0.2, 0) is 33.7 Å². The van der Waals surface area contributed by atoms with Gasteiger partial charge in [-0.15, -0.1) is 69.1 Å². The van der Waals surface area contributed by atoms with Gasteiger partial charge in [0.15, 0.2) is 0 Å². The van der Waals surface area contributed by atoms with Crippen LogP contribution in [0.5, 0.6) is 0 Å². The first-order chi connectivity index (χ1) is 20.4. The van der Waals surface area contributed by atoms with Gasteiger partial charge in [0.1, 0.15) is 0 Å². The van der Waals surface area contributed by atoms with Crippen LogP contribution < -0.4 is 0 Å². The molecule has 6 aromatic carbocycles. The predicted molar refractivity (Wildman–Crippen MR) is 193 cm³/mol. The van der Waals surface area contributed by atoms with E-state index in [4.69, 9.17) is 17.0 Å². The summed E-state index contributed by atoms with van der Waals surface area (Å²) in [5, 5.41) is 5.38. The molecule has 0 nitrogen and oxygen atoms in total. The Bertz CT molecular complexity index is 1560. The summed E-state index contributed by atoms with van der Waals surface area (Å²) >= 11 is 6.26. The minimum absolute atomic E-state index is 0.826. The summed E-state index contributed by atoms with van der Waals surface area (Å²) < 4.78 is 2.25. The second-order valence-electron chi connectivity index (χ2n) is 9.64. The second-order valence-corrected chi connectivity index (χ2v) is 16.2. The van der Waals surface area contributed by atoms with Crippen LogP contribution in [0.2, 0.25) is 13.1 Å². The van der Waals surface area contributed by atoms with Crippen LogP contribution in [-0.4, -0.2) is 9.52 Å². The van der Waals surface area contributed by atoms with Crippen LogP contribution in [0.3, 0.4) is 0 Å². The normalized spacial score (nSPS) is 10.1. The third kappa shape index (κ3) is 9.88. The number of hydrogen-bond donors (Lipinski definition) is 0. The molecule has 0 amide bonds. The average molecular weight is 817 g/mol. The van der Waals surface area contributed by atoms with Gasteiger partial charge in [0.25, 0.3) is 0 Å². The monoisotopic (exact) mass is 812 g/mol. The van der Waals surface area contributed by atoms with Crippen molar-refractivity contribution in [3.05, 3.63) is 129 Å². The fourth-order valence-electron chi connectivity index (χ4n) is 4.82. The van der Waals surface area contributed by atoms with Crippen LogP contribution in [0.1, 0.15) is 25.0 Å². The summed E-state index contributed by atoms with van der Waals surface area (Å²) in [4.78, 5) is 0. The molecule has 0 spiro atoms. The standard InChI is InChI=1S/2C17H14Br.C2H6Si.2ClH.Zr/c2*1-2-12-9-13-6-4-8-16(17(13)10-12)14-5-3-7-15(18)11-14;1-3-2;;;/h2*3-11H,2H2,1H3;1-2H3;2*1H;/q2*-1;;;;+4/p-2. The van der Waals surface area contributed by atoms with E-state index in [0.717, 1.165) is 31.3 Å². The number of halogens is 4. The fourth-order valence-corrected chi connectivity index (χ4v) is 5.62. The topological polar surface area (TPSA) is 0 Å². The van der Waals surface area contributed by atoms with E-state index in [9.17, 15) is 0 Å². The molecule has 2 radical (unpaired) electrons. The molecule has 42 heavy (non-hydrogen) atoms. The molecule has 0 saturated carbocycles. The molecule has 0 heterocycles. The van der Waals surface area contributed by atoms with Gasteiger partial charge in [-0.05, 0) is 48.2 Å². The summed E-state index contributed by atoms with van der Waals surface area (Å²) in [5.74, 6) is 0. The first-order valence-electron chi connectivity index (χ1n) is 13.8. The Hall–Kier alpha value is -1.26. The van der Waals surface area contributed by atoms with Crippen molar-refractivity contribution in [2.75, 3.05) is 0 Å². The van der Waals surface area contributed by atoms with E-state index in [2.05, 4.69) is 168 Å². The Labute approximate surface area is 289 Å². The van der Waals surface area contributed by atoms with Crippen LogP contribution in [0.4, 0.5) is 0 Å². The zero-order valence-corrected chi connectivity index (χ0v) is 32.5. The summed E-state index contributed by atoms with van der Waals surface area (Å²) in [6.45, 7) is 8.71. The molecule has 0 unspecified atom stereocenters. The zero-order chi connectivity index (χ0) is 30.5. The van der Waals surface area contributed by atoms with Crippen molar-refractivity contribution in [3.8, 4) is 22.3 Å². The molecule has 214 valence electrons. The number of rotatable bonds is 4. The molecule has 0 N–H and O–H groups in total. The Balaban J connectivity index is 0.000000195. The van der Waals surface area contributed by atoms with Crippen molar-refractivity contribution in [1.29, 1.82) is 0 Å². The molecule has 0 aliphatic heterocycles. The molecular weight excluding hydrogens is 782 g/mol. The molecule has 6 rings (SSSR count). The summed E-state index contributed by atoms with van der Waals surface area (Å²) in [5.41, 5.74) is 7.98. The second kappa shape index (κ2) is 18.5. The van der Waals surface area contributed by atoms with Gasteiger partial charge in [-0.1, -0.05) is 106 Å². The Morgan fingerprint density at radius 2 is 0.976 bits per heavy atom. The van der Waals surface area contributed by atoms with Gasteiger partial charge in [0.2, 0.25) is 0 Å². The SMILES string of the molecule is CCc1cc2c(-c3cccc(Br)c3)cccc2[cH-]1.CCc1cc2c(-c3cccc(Br)c3)cccc2[cH-]1.C[Si]C.[Cl][Zr+2][Cl]. The number of hydrogen-bond acceptors (Lipinski definition) is 0. The van der Waals surface area contributed by atoms with E-state index in [1.165, 1.54) is 54.9 Å². The van der Waals surface area contributed by atoms with E-state index >= 15 is 0 Å². The first-order valence-corrected chi connectivity index (χ1v) is 23.7. The van der Waals surface area contributed by atoms with E-state index in [-0.39, 0.29) is 0 Å². The van der Waals surface area contributed by atoms with Crippen molar-refractivity contribution < 1.29 is 20.8 Å².